The van der Waals surface area contributed by atoms with Crippen LogP contribution in [0.3, 0.4) is 0 Å². The first-order chi connectivity index (χ1) is 21.8. The zero-order valence-corrected chi connectivity index (χ0v) is 28.1. The molecule has 1 aromatic heterocycles. The maximum atomic E-state index is 11.9. The lowest BCUT2D eigenvalue weighted by Crippen LogP contribution is -2.50. The number of carbonyl (C=O) groups is 1. The van der Waals surface area contributed by atoms with Crippen LogP contribution in [0.4, 0.5) is 0 Å². The minimum absolute atomic E-state index is 0.0880. The van der Waals surface area contributed by atoms with Crippen molar-refractivity contribution in [3.8, 4) is 0 Å². The van der Waals surface area contributed by atoms with Crippen LogP contribution in [0.5, 0.6) is 0 Å². The van der Waals surface area contributed by atoms with E-state index < -0.39 is 0 Å². The van der Waals surface area contributed by atoms with Crippen LogP contribution in [-0.4, -0.2) is 60.7 Å². The highest BCUT2D eigenvalue weighted by Crippen LogP contribution is 2.43. The summed E-state index contributed by atoms with van der Waals surface area (Å²) < 4.78 is 2.44. The van der Waals surface area contributed by atoms with E-state index in [4.69, 9.17) is 0 Å². The average molecular weight is 611 g/mol. The monoisotopic (exact) mass is 610 g/mol. The van der Waals surface area contributed by atoms with Crippen molar-refractivity contribution in [1.29, 1.82) is 0 Å². The SMILES string of the molecule is CC(C)C(=O)NC1CC2CCC(C1)N2Cc1ccccc1.Cc1nnc(C(C)C)n1C1CC2CCC(C1)N2Cc1ccccc1. The Balaban J connectivity index is 0.000000160. The lowest BCUT2D eigenvalue weighted by molar-refractivity contribution is -0.125. The van der Waals surface area contributed by atoms with Crippen molar-refractivity contribution >= 4 is 5.91 Å². The highest BCUT2D eigenvalue weighted by molar-refractivity contribution is 5.78. The van der Waals surface area contributed by atoms with E-state index in [9.17, 15) is 4.79 Å². The van der Waals surface area contributed by atoms with Gasteiger partial charge in [-0.05, 0) is 69.4 Å². The molecule has 242 valence electrons. The quantitative estimate of drug-likeness (QED) is 0.297. The summed E-state index contributed by atoms with van der Waals surface area (Å²) in [4.78, 5) is 17.3. The predicted molar refractivity (Wildman–Crippen MR) is 181 cm³/mol. The summed E-state index contributed by atoms with van der Waals surface area (Å²) >= 11 is 0. The van der Waals surface area contributed by atoms with Crippen LogP contribution in [0, 0.1) is 12.8 Å². The van der Waals surface area contributed by atoms with Gasteiger partial charge in [-0.3, -0.25) is 14.6 Å². The topological polar surface area (TPSA) is 66.3 Å². The molecule has 0 aliphatic carbocycles. The molecule has 4 unspecified atom stereocenters. The smallest absolute Gasteiger partial charge is 0.222 e. The number of benzene rings is 2. The molecule has 4 bridgehead atoms. The zero-order chi connectivity index (χ0) is 31.5. The fourth-order valence-electron chi connectivity index (χ4n) is 8.55. The van der Waals surface area contributed by atoms with Crippen LogP contribution < -0.4 is 5.32 Å². The Morgan fingerprint density at radius 2 is 1.18 bits per heavy atom. The van der Waals surface area contributed by atoms with Gasteiger partial charge in [0.25, 0.3) is 0 Å². The summed E-state index contributed by atoms with van der Waals surface area (Å²) in [6, 6.07) is 25.3. The lowest BCUT2D eigenvalue weighted by Gasteiger charge is -2.40. The van der Waals surface area contributed by atoms with Gasteiger partial charge < -0.3 is 9.88 Å². The van der Waals surface area contributed by atoms with E-state index in [1.165, 1.54) is 49.7 Å². The summed E-state index contributed by atoms with van der Waals surface area (Å²) in [6.07, 6.45) is 9.95. The van der Waals surface area contributed by atoms with Crippen LogP contribution in [0.2, 0.25) is 0 Å². The van der Waals surface area contributed by atoms with Crippen molar-refractivity contribution in [3.05, 3.63) is 83.4 Å². The van der Waals surface area contributed by atoms with Gasteiger partial charge in [0.05, 0.1) is 0 Å². The highest BCUT2D eigenvalue weighted by atomic mass is 16.1. The van der Waals surface area contributed by atoms with Crippen molar-refractivity contribution in [1.82, 2.24) is 29.9 Å². The maximum Gasteiger partial charge on any atom is 0.222 e. The third-order valence-corrected chi connectivity index (χ3v) is 10.8. The van der Waals surface area contributed by atoms with Crippen molar-refractivity contribution in [2.24, 2.45) is 5.92 Å². The van der Waals surface area contributed by atoms with Crippen molar-refractivity contribution in [2.75, 3.05) is 0 Å². The number of nitrogens with zero attached hydrogens (tertiary/aromatic N) is 5. The number of hydrogen-bond acceptors (Lipinski definition) is 5. The van der Waals surface area contributed by atoms with E-state index in [1.807, 2.05) is 13.8 Å². The molecule has 4 aliphatic heterocycles. The molecule has 2 aromatic carbocycles. The van der Waals surface area contributed by atoms with Crippen LogP contribution >= 0.6 is 0 Å². The van der Waals surface area contributed by atoms with Crippen LogP contribution in [0.25, 0.3) is 0 Å². The molecular weight excluding hydrogens is 556 g/mol. The van der Waals surface area contributed by atoms with Crippen molar-refractivity contribution in [3.63, 3.8) is 0 Å². The molecule has 7 nitrogen and oxygen atoms in total. The molecular formula is C38H54N6O. The second-order valence-electron chi connectivity index (χ2n) is 14.7. The molecule has 0 radical (unpaired) electrons. The fraction of sp³-hybridized carbons (Fsp3) is 0.605. The molecule has 4 fully saturated rings. The number of carbonyl (C=O) groups excluding carboxylic acids is 1. The summed E-state index contributed by atoms with van der Waals surface area (Å²) in [7, 11) is 0. The summed E-state index contributed by atoms with van der Waals surface area (Å²) in [5.74, 6) is 2.97. The Labute approximate surface area is 270 Å². The molecule has 7 heteroatoms. The minimum Gasteiger partial charge on any atom is -0.353 e. The Kier molecular flexibility index (Phi) is 10.1. The second kappa shape index (κ2) is 14.2. The maximum absolute atomic E-state index is 11.9. The molecule has 1 amide bonds. The van der Waals surface area contributed by atoms with Gasteiger partial charge in [0.1, 0.15) is 11.6 Å². The molecule has 1 N–H and O–H groups in total. The zero-order valence-electron chi connectivity index (χ0n) is 28.1. The van der Waals surface area contributed by atoms with Gasteiger partial charge in [-0.2, -0.15) is 0 Å². The Morgan fingerprint density at radius 1 is 0.711 bits per heavy atom. The number of nitrogens with one attached hydrogen (secondary N) is 1. The van der Waals surface area contributed by atoms with E-state index in [0.717, 1.165) is 37.6 Å². The Morgan fingerprint density at radius 3 is 1.62 bits per heavy atom. The Bertz CT molecular complexity index is 1360. The van der Waals surface area contributed by atoms with Gasteiger partial charge in [0.15, 0.2) is 0 Å². The first-order valence-electron chi connectivity index (χ1n) is 17.6. The van der Waals surface area contributed by atoms with Gasteiger partial charge in [0.2, 0.25) is 5.91 Å². The first kappa shape index (κ1) is 31.9. The number of amides is 1. The molecule has 0 saturated carbocycles. The third-order valence-electron chi connectivity index (χ3n) is 10.8. The van der Waals surface area contributed by atoms with Crippen LogP contribution in [0.15, 0.2) is 60.7 Å². The number of rotatable bonds is 8. The van der Waals surface area contributed by atoms with Gasteiger partial charge in [-0.15, -0.1) is 10.2 Å². The number of aromatic nitrogens is 3. The first-order valence-corrected chi connectivity index (χ1v) is 17.6. The molecule has 4 atom stereocenters. The molecule has 0 spiro atoms. The lowest BCUT2D eigenvalue weighted by atomic mass is 9.95. The number of hydrogen-bond donors (Lipinski definition) is 1. The summed E-state index contributed by atoms with van der Waals surface area (Å²) in [5.41, 5.74) is 2.84. The molecule has 3 aromatic rings. The van der Waals surface area contributed by atoms with Crippen molar-refractivity contribution < 1.29 is 4.79 Å². The van der Waals surface area contributed by atoms with Crippen LogP contribution in [-0.2, 0) is 17.9 Å². The number of fused-ring (bicyclic) bond motifs is 4. The van der Waals surface area contributed by atoms with Crippen LogP contribution in [0.1, 0.15) is 114 Å². The molecule has 45 heavy (non-hydrogen) atoms. The predicted octanol–water partition coefficient (Wildman–Crippen LogP) is 7.03. The number of piperidine rings is 2. The molecule has 4 saturated heterocycles. The van der Waals surface area contributed by atoms with Gasteiger partial charge in [-0.25, -0.2) is 0 Å². The normalized spacial score (nSPS) is 27.9. The highest BCUT2D eigenvalue weighted by Gasteiger charge is 2.42. The van der Waals surface area contributed by atoms with E-state index in [2.05, 4.69) is 111 Å². The van der Waals surface area contributed by atoms with E-state index in [-0.39, 0.29) is 11.8 Å². The minimum atomic E-state index is 0.0880. The fourth-order valence-corrected chi connectivity index (χ4v) is 8.55. The second-order valence-corrected chi connectivity index (χ2v) is 14.7. The third kappa shape index (κ3) is 7.36. The van der Waals surface area contributed by atoms with E-state index >= 15 is 0 Å². The largest absolute Gasteiger partial charge is 0.353 e. The molecule has 4 aliphatic rings. The molecule has 7 rings (SSSR count). The standard InChI is InChI=1S/C20H28N4.C18H26N2O/c1-14(2)20-22-21-15(3)24(20)19-11-17-9-10-18(12-19)23(17)13-16-7-5-4-6-8-16;1-13(2)18(21)19-15-10-16-8-9-17(11-15)20(16)12-14-6-4-3-5-7-14/h4-8,14,17-19H,9-13H2,1-3H3;3-7,13,15-17H,8-12H2,1-2H3,(H,19,21). The summed E-state index contributed by atoms with van der Waals surface area (Å²) in [6.45, 7) is 12.6. The summed E-state index contributed by atoms with van der Waals surface area (Å²) in [5, 5.41) is 12.1. The number of aryl methyl sites for hydroxylation is 1. The van der Waals surface area contributed by atoms with E-state index in [1.54, 1.807) is 0 Å². The van der Waals surface area contributed by atoms with Gasteiger partial charge in [0, 0.05) is 61.2 Å². The van der Waals surface area contributed by atoms with Gasteiger partial charge >= 0.3 is 0 Å². The average Bonchev–Trinajstić information content (AvgIpc) is 3.60. The van der Waals surface area contributed by atoms with E-state index in [0.29, 0.717) is 42.2 Å². The Hall–Kier alpha value is -3.03. The van der Waals surface area contributed by atoms with Crippen molar-refractivity contribution in [2.45, 2.75) is 141 Å². The molecule has 5 heterocycles. The van der Waals surface area contributed by atoms with Gasteiger partial charge in [-0.1, -0.05) is 88.4 Å².